The lowest BCUT2D eigenvalue weighted by molar-refractivity contribution is 0.0601. The molecule has 0 radical (unpaired) electrons. The molecule has 0 atom stereocenters. The Bertz CT molecular complexity index is 883. The van der Waals surface area contributed by atoms with Gasteiger partial charge in [-0.25, -0.2) is 4.79 Å². The van der Waals surface area contributed by atoms with Crippen LogP contribution in [-0.2, 0) is 16.6 Å². The van der Waals surface area contributed by atoms with Crippen molar-refractivity contribution in [2.45, 2.75) is 46.5 Å². The highest BCUT2D eigenvalue weighted by Crippen LogP contribution is 2.35. The molecule has 1 heterocycles. The van der Waals surface area contributed by atoms with Crippen molar-refractivity contribution >= 4 is 45.3 Å². The quantitative estimate of drug-likeness (QED) is 0.491. The topological polar surface area (TPSA) is 59.6 Å². The van der Waals surface area contributed by atoms with E-state index in [2.05, 4.69) is 31.4 Å². The molecule has 0 bridgehead atoms. The molecule has 2 aromatic rings. The Labute approximate surface area is 176 Å². The van der Waals surface area contributed by atoms with E-state index in [0.29, 0.717) is 21.4 Å². The van der Waals surface area contributed by atoms with Crippen LogP contribution in [-0.4, -0.2) is 25.3 Å². The summed E-state index contributed by atoms with van der Waals surface area (Å²) in [6.07, 6.45) is 0.746. The summed E-state index contributed by atoms with van der Waals surface area (Å²) < 4.78 is 10.4. The van der Waals surface area contributed by atoms with Crippen LogP contribution in [0.15, 0.2) is 18.2 Å². The molecule has 2 N–H and O–H groups in total. The minimum Gasteiger partial charge on any atom is -0.495 e. The number of hydrogen-bond donors (Lipinski definition) is 2. The summed E-state index contributed by atoms with van der Waals surface area (Å²) in [7, 11) is 3.01. The van der Waals surface area contributed by atoms with Crippen molar-refractivity contribution < 1.29 is 14.3 Å². The van der Waals surface area contributed by atoms with E-state index in [0.717, 1.165) is 28.1 Å². The van der Waals surface area contributed by atoms with Gasteiger partial charge in [0.1, 0.15) is 10.8 Å². The summed E-state index contributed by atoms with van der Waals surface area (Å²) in [5, 5.41) is 7.44. The first-order valence-electron chi connectivity index (χ1n) is 9.09. The van der Waals surface area contributed by atoms with Gasteiger partial charge in [-0.2, -0.15) is 0 Å². The molecule has 0 saturated heterocycles. The van der Waals surface area contributed by atoms with Crippen LogP contribution < -0.4 is 15.4 Å². The zero-order valence-electron chi connectivity index (χ0n) is 17.5. The Balaban J connectivity index is 2.32. The highest BCUT2D eigenvalue weighted by molar-refractivity contribution is 7.80. The van der Waals surface area contributed by atoms with Gasteiger partial charge in [0.25, 0.3) is 0 Å². The highest BCUT2D eigenvalue weighted by Gasteiger charge is 2.23. The summed E-state index contributed by atoms with van der Waals surface area (Å²) in [6, 6.07) is 6.01. The molecule has 0 saturated carbocycles. The van der Waals surface area contributed by atoms with Gasteiger partial charge in [0, 0.05) is 4.88 Å². The molecule has 7 heteroatoms. The number of rotatable bonds is 5. The van der Waals surface area contributed by atoms with Gasteiger partial charge in [-0.15, -0.1) is 11.3 Å². The number of ether oxygens (including phenoxy) is 2. The monoisotopic (exact) mass is 420 g/mol. The number of carbonyl (C=O) groups excluding carboxylic acids is 1. The van der Waals surface area contributed by atoms with E-state index in [1.807, 2.05) is 32.0 Å². The van der Waals surface area contributed by atoms with Gasteiger partial charge in [0.2, 0.25) is 0 Å². The molecule has 0 amide bonds. The zero-order chi connectivity index (χ0) is 21.1. The molecular formula is C21H28N2O3S2. The van der Waals surface area contributed by atoms with Crippen molar-refractivity contribution in [3.63, 3.8) is 0 Å². The lowest BCUT2D eigenvalue weighted by atomic mass is 9.87. The molecular weight excluding hydrogens is 392 g/mol. The fourth-order valence-electron chi connectivity index (χ4n) is 2.94. The molecule has 0 aliphatic rings. The molecule has 0 unspecified atom stereocenters. The van der Waals surface area contributed by atoms with E-state index in [-0.39, 0.29) is 11.4 Å². The number of thiophene rings is 1. The van der Waals surface area contributed by atoms with Crippen molar-refractivity contribution in [2.75, 3.05) is 24.9 Å². The van der Waals surface area contributed by atoms with E-state index < -0.39 is 0 Å². The fourth-order valence-corrected chi connectivity index (χ4v) is 4.35. The Morgan fingerprint density at radius 3 is 2.43 bits per heavy atom. The third kappa shape index (κ3) is 4.83. The number of aryl methyl sites for hydroxylation is 1. The SMILES string of the molecule is CCc1c(C)sc(NC(=S)Nc2cc(C(C)(C)C)ccc2OC)c1C(=O)OC. The van der Waals surface area contributed by atoms with Crippen LogP contribution in [0.2, 0.25) is 0 Å². The summed E-state index contributed by atoms with van der Waals surface area (Å²) in [6.45, 7) is 10.5. The predicted octanol–water partition coefficient (Wildman–Crippen LogP) is 5.52. The van der Waals surface area contributed by atoms with Crippen LogP contribution in [0, 0.1) is 6.92 Å². The minimum absolute atomic E-state index is 0.00328. The van der Waals surface area contributed by atoms with E-state index in [1.54, 1.807) is 7.11 Å². The third-order valence-corrected chi connectivity index (χ3v) is 5.76. The maximum absolute atomic E-state index is 12.3. The molecule has 1 aromatic heterocycles. The minimum atomic E-state index is -0.362. The van der Waals surface area contributed by atoms with Crippen molar-refractivity contribution in [3.05, 3.63) is 39.8 Å². The lowest BCUT2D eigenvalue weighted by Gasteiger charge is -2.21. The van der Waals surface area contributed by atoms with Gasteiger partial charge >= 0.3 is 5.97 Å². The maximum atomic E-state index is 12.3. The molecule has 0 aliphatic heterocycles. The summed E-state index contributed by atoms with van der Waals surface area (Å²) >= 11 is 7.01. The molecule has 0 fully saturated rings. The molecule has 28 heavy (non-hydrogen) atoms. The second-order valence-corrected chi connectivity index (χ2v) is 9.06. The largest absolute Gasteiger partial charge is 0.495 e. The van der Waals surface area contributed by atoms with Crippen LogP contribution in [0.4, 0.5) is 10.7 Å². The van der Waals surface area contributed by atoms with Crippen LogP contribution in [0.1, 0.15) is 54.1 Å². The smallest absolute Gasteiger partial charge is 0.341 e. The van der Waals surface area contributed by atoms with Gasteiger partial charge in [-0.1, -0.05) is 33.8 Å². The number of anilines is 2. The highest BCUT2D eigenvalue weighted by atomic mass is 32.1. The first kappa shape index (κ1) is 22.2. The van der Waals surface area contributed by atoms with E-state index in [1.165, 1.54) is 18.4 Å². The molecule has 1 aromatic carbocycles. The number of esters is 1. The summed E-state index contributed by atoms with van der Waals surface area (Å²) in [5.74, 6) is 0.334. The Hall–Kier alpha value is -2.12. The number of nitrogens with one attached hydrogen (secondary N) is 2. The summed E-state index contributed by atoms with van der Waals surface area (Å²) in [4.78, 5) is 13.4. The summed E-state index contributed by atoms with van der Waals surface area (Å²) in [5.41, 5.74) is 3.46. The maximum Gasteiger partial charge on any atom is 0.341 e. The van der Waals surface area contributed by atoms with Gasteiger partial charge in [0.05, 0.1) is 25.5 Å². The predicted molar refractivity (Wildman–Crippen MR) is 121 cm³/mol. The Morgan fingerprint density at radius 1 is 1.21 bits per heavy atom. The van der Waals surface area contributed by atoms with Crippen LogP contribution >= 0.6 is 23.6 Å². The van der Waals surface area contributed by atoms with Gasteiger partial charge < -0.3 is 20.1 Å². The first-order valence-corrected chi connectivity index (χ1v) is 10.3. The third-order valence-electron chi connectivity index (χ3n) is 4.49. The lowest BCUT2D eigenvalue weighted by Crippen LogP contribution is -2.21. The number of thiocarbonyl (C=S) groups is 1. The zero-order valence-corrected chi connectivity index (χ0v) is 19.1. The van der Waals surface area contributed by atoms with Crippen molar-refractivity contribution in [3.8, 4) is 5.75 Å². The molecule has 5 nitrogen and oxygen atoms in total. The Morgan fingerprint density at radius 2 is 1.89 bits per heavy atom. The van der Waals surface area contributed by atoms with E-state index >= 15 is 0 Å². The molecule has 152 valence electrons. The number of hydrogen-bond acceptors (Lipinski definition) is 5. The molecule has 2 rings (SSSR count). The van der Waals surface area contributed by atoms with E-state index in [9.17, 15) is 4.79 Å². The van der Waals surface area contributed by atoms with Crippen LogP contribution in [0.25, 0.3) is 0 Å². The van der Waals surface area contributed by atoms with Gasteiger partial charge in [0.15, 0.2) is 5.11 Å². The number of benzene rings is 1. The molecule has 0 aliphatic carbocycles. The average molecular weight is 421 g/mol. The first-order chi connectivity index (χ1) is 13.1. The van der Waals surface area contributed by atoms with Crippen LogP contribution in [0.3, 0.4) is 0 Å². The standard InChI is InChI=1S/C21H28N2O3S2/c1-8-14-12(2)28-18(17(14)19(24)26-7)23-20(27)22-15-11-13(21(3,4)5)9-10-16(15)25-6/h9-11H,8H2,1-7H3,(H2,22,23,27). The van der Waals surface area contributed by atoms with Crippen molar-refractivity contribution in [1.82, 2.24) is 0 Å². The molecule has 0 spiro atoms. The van der Waals surface area contributed by atoms with Crippen molar-refractivity contribution in [2.24, 2.45) is 0 Å². The Kier molecular flexibility index (Phi) is 7.06. The second kappa shape index (κ2) is 8.92. The van der Waals surface area contributed by atoms with Crippen molar-refractivity contribution in [1.29, 1.82) is 0 Å². The fraction of sp³-hybridized carbons (Fsp3) is 0.429. The average Bonchev–Trinajstić information content (AvgIpc) is 2.94. The normalized spacial score (nSPS) is 11.1. The van der Waals surface area contributed by atoms with Gasteiger partial charge in [-0.3, -0.25) is 0 Å². The number of carbonyl (C=O) groups is 1. The number of methoxy groups -OCH3 is 2. The second-order valence-electron chi connectivity index (χ2n) is 7.43. The van der Waals surface area contributed by atoms with Gasteiger partial charge in [-0.05, 0) is 54.2 Å². The van der Waals surface area contributed by atoms with E-state index in [4.69, 9.17) is 21.7 Å². The van der Waals surface area contributed by atoms with Crippen LogP contribution in [0.5, 0.6) is 5.75 Å².